The molecule has 142 valence electrons. The lowest BCUT2D eigenvalue weighted by atomic mass is 9.79. The second-order valence-corrected chi connectivity index (χ2v) is 6.94. The highest BCUT2D eigenvalue weighted by atomic mass is 16.5. The van der Waals surface area contributed by atoms with Crippen LogP contribution in [0.25, 0.3) is 0 Å². The number of carbonyl (C=O) groups is 1. The number of esters is 1. The molecule has 1 saturated heterocycles. The largest absolute Gasteiger partial charge is 0.492 e. The highest BCUT2D eigenvalue weighted by Gasteiger charge is 2.33. The van der Waals surface area contributed by atoms with Crippen LogP contribution < -0.4 is 15.9 Å². The van der Waals surface area contributed by atoms with Gasteiger partial charge in [0.25, 0.3) is 0 Å². The minimum Gasteiger partial charge on any atom is -0.492 e. The van der Waals surface area contributed by atoms with Gasteiger partial charge >= 0.3 is 5.97 Å². The van der Waals surface area contributed by atoms with Crippen molar-refractivity contribution in [1.82, 2.24) is 4.98 Å². The molecule has 0 amide bonds. The van der Waals surface area contributed by atoms with Crippen molar-refractivity contribution < 1.29 is 24.4 Å². The minimum atomic E-state index is -0.510. The van der Waals surface area contributed by atoms with Gasteiger partial charge in [-0.15, -0.1) is 0 Å². The van der Waals surface area contributed by atoms with Crippen molar-refractivity contribution in [3.63, 3.8) is 0 Å². The molecule has 0 atom stereocenters. The summed E-state index contributed by atoms with van der Waals surface area (Å²) in [4.78, 5) is 16.3. The lowest BCUT2D eigenvalue weighted by molar-refractivity contribution is -0.121. The lowest BCUT2D eigenvalue weighted by Crippen LogP contribution is -2.47. The Morgan fingerprint density at radius 2 is 2.08 bits per heavy atom. The van der Waals surface area contributed by atoms with Crippen LogP contribution in [0.2, 0.25) is 0 Å². The van der Waals surface area contributed by atoms with Gasteiger partial charge in [0, 0.05) is 25.2 Å². The Morgan fingerprint density at radius 3 is 2.69 bits per heavy atom. The molecule has 1 aliphatic carbocycles. The van der Waals surface area contributed by atoms with Crippen molar-refractivity contribution in [2.24, 2.45) is 11.8 Å². The molecule has 0 bridgehead atoms. The van der Waals surface area contributed by atoms with Crippen LogP contribution >= 0.6 is 0 Å². The fraction of sp³-hybridized carbons (Fsp3) is 0.632. The molecule has 0 radical (unpaired) electrons. The Balaban J connectivity index is 1.85. The van der Waals surface area contributed by atoms with Gasteiger partial charge in [-0.05, 0) is 38.5 Å². The van der Waals surface area contributed by atoms with Gasteiger partial charge in [-0.3, -0.25) is 5.41 Å². The number of hydrogen-bond acceptors (Lipinski definition) is 6. The van der Waals surface area contributed by atoms with Gasteiger partial charge in [0.15, 0.2) is 11.4 Å². The third-order valence-corrected chi connectivity index (χ3v) is 5.14. The van der Waals surface area contributed by atoms with E-state index in [4.69, 9.17) is 25.4 Å². The highest BCUT2D eigenvalue weighted by Crippen LogP contribution is 2.34. The molecule has 2 fully saturated rings. The zero-order valence-electron chi connectivity index (χ0n) is 15.3. The third kappa shape index (κ3) is 4.15. The van der Waals surface area contributed by atoms with E-state index >= 15 is 0 Å². The van der Waals surface area contributed by atoms with E-state index in [0.717, 1.165) is 45.3 Å². The third-order valence-electron chi connectivity index (χ3n) is 5.14. The number of hydrogen-bond donors (Lipinski definition) is 2. The topological polar surface area (TPSA) is 109 Å². The van der Waals surface area contributed by atoms with Crippen molar-refractivity contribution >= 4 is 17.5 Å². The van der Waals surface area contributed by atoms with Gasteiger partial charge in [0.05, 0.1) is 13.2 Å². The summed E-state index contributed by atoms with van der Waals surface area (Å²) in [6.07, 6.45) is 5.18. The molecular weight excluding hydrogens is 334 g/mol. The molecule has 3 rings (SSSR count). The smallest absolute Gasteiger partial charge is 0.357 e. The molecule has 1 aromatic heterocycles. The molecule has 0 unspecified atom stereocenters. The Labute approximate surface area is 153 Å². The van der Waals surface area contributed by atoms with Crippen molar-refractivity contribution in [2.75, 3.05) is 32.2 Å². The molecule has 0 spiro atoms. The first-order valence-corrected chi connectivity index (χ1v) is 9.41. The zero-order valence-corrected chi connectivity index (χ0v) is 15.3. The lowest BCUT2D eigenvalue weighted by Gasteiger charge is -2.25. The average Bonchev–Trinajstić information content (AvgIpc) is 2.59. The van der Waals surface area contributed by atoms with Crippen LogP contribution in [0.3, 0.4) is 0 Å². The van der Waals surface area contributed by atoms with E-state index in [1.807, 2.05) is 0 Å². The van der Waals surface area contributed by atoms with Crippen LogP contribution in [-0.4, -0.2) is 43.1 Å². The highest BCUT2D eigenvalue weighted by molar-refractivity contribution is 6.05. The van der Waals surface area contributed by atoms with Crippen molar-refractivity contribution in [3.8, 4) is 5.75 Å². The number of nitrogens with zero attached hydrogens (tertiary/aromatic N) is 1. The summed E-state index contributed by atoms with van der Waals surface area (Å²) >= 11 is 0. The first kappa shape index (κ1) is 18.6. The minimum absolute atomic E-state index is 0.150. The van der Waals surface area contributed by atoms with E-state index in [0.29, 0.717) is 35.5 Å². The van der Waals surface area contributed by atoms with Gasteiger partial charge in [-0.1, -0.05) is 6.42 Å². The van der Waals surface area contributed by atoms with Crippen LogP contribution in [0.5, 0.6) is 5.75 Å². The van der Waals surface area contributed by atoms with Crippen LogP contribution in [0.15, 0.2) is 6.07 Å². The number of nitrogens with two attached hydrogens (primary N) is 2. The predicted molar refractivity (Wildman–Crippen MR) is 97.0 cm³/mol. The maximum absolute atomic E-state index is 12.1. The molecular formula is C19H28N3O4+. The zero-order chi connectivity index (χ0) is 18.5. The van der Waals surface area contributed by atoms with E-state index in [2.05, 4.69) is 4.98 Å². The van der Waals surface area contributed by atoms with Gasteiger partial charge in [-0.25, -0.2) is 9.78 Å². The van der Waals surface area contributed by atoms with Gasteiger partial charge in [-0.2, -0.15) is 0 Å². The summed E-state index contributed by atoms with van der Waals surface area (Å²) in [5.41, 5.74) is 7.65. The summed E-state index contributed by atoms with van der Waals surface area (Å²) < 4.78 is 16.5. The Morgan fingerprint density at radius 1 is 1.35 bits per heavy atom. The Kier molecular flexibility index (Phi) is 6.08. The quantitative estimate of drug-likeness (QED) is 0.553. The number of rotatable bonds is 7. The second-order valence-electron chi connectivity index (χ2n) is 6.94. The molecule has 26 heavy (non-hydrogen) atoms. The number of pyridine rings is 1. The second kappa shape index (κ2) is 8.49. The van der Waals surface area contributed by atoms with Crippen molar-refractivity contribution in [2.45, 2.75) is 39.0 Å². The first-order chi connectivity index (χ1) is 12.6. The van der Waals surface area contributed by atoms with E-state index in [-0.39, 0.29) is 18.1 Å². The van der Waals surface area contributed by atoms with Crippen molar-refractivity contribution in [1.29, 1.82) is 0 Å². The van der Waals surface area contributed by atoms with Crippen LogP contribution in [-0.2, 0) is 9.47 Å². The number of carbonyl (C=O) groups excluding carboxylic acids is 1. The molecule has 4 N–H and O–H groups in total. The van der Waals surface area contributed by atoms with Crippen LogP contribution in [0.1, 0.15) is 55.1 Å². The molecule has 7 nitrogen and oxygen atoms in total. The number of nitrogen functional groups attached to an aromatic ring is 1. The Bertz CT molecular complexity index is 667. The molecule has 0 aromatic carbocycles. The van der Waals surface area contributed by atoms with Crippen LogP contribution in [0, 0.1) is 11.8 Å². The average molecular weight is 362 g/mol. The summed E-state index contributed by atoms with van der Waals surface area (Å²) in [5, 5.41) is 6.38. The van der Waals surface area contributed by atoms with Gasteiger partial charge < -0.3 is 19.9 Å². The van der Waals surface area contributed by atoms with E-state index in [9.17, 15) is 4.79 Å². The SMILES string of the molecule is CCOC(=O)c1cc(OCC2CCOCC2)c(C(=[NH2+])C2CCC2)c(N)n1. The monoisotopic (exact) mass is 362 g/mol. The maximum atomic E-state index is 12.1. The Hall–Kier alpha value is -2.15. The van der Waals surface area contributed by atoms with Gasteiger partial charge in [0.1, 0.15) is 17.1 Å². The summed E-state index contributed by atoms with van der Waals surface area (Å²) in [6.45, 7) is 4.07. The summed E-state index contributed by atoms with van der Waals surface area (Å²) in [6, 6.07) is 1.61. The number of anilines is 1. The van der Waals surface area contributed by atoms with E-state index in [1.54, 1.807) is 13.0 Å². The summed E-state index contributed by atoms with van der Waals surface area (Å²) in [7, 11) is 0. The number of ether oxygens (including phenoxy) is 3. The fourth-order valence-corrected chi connectivity index (χ4v) is 3.30. The molecule has 1 aromatic rings. The molecule has 7 heteroatoms. The molecule has 2 aliphatic rings. The molecule has 1 aliphatic heterocycles. The normalized spacial score (nSPS) is 18.2. The fourth-order valence-electron chi connectivity index (χ4n) is 3.30. The van der Waals surface area contributed by atoms with Crippen molar-refractivity contribution in [3.05, 3.63) is 17.3 Å². The predicted octanol–water partition coefficient (Wildman–Crippen LogP) is 0.994. The van der Waals surface area contributed by atoms with Crippen LogP contribution in [0.4, 0.5) is 5.82 Å². The first-order valence-electron chi connectivity index (χ1n) is 9.41. The number of aromatic nitrogens is 1. The van der Waals surface area contributed by atoms with E-state index in [1.165, 1.54) is 0 Å². The summed E-state index contributed by atoms with van der Waals surface area (Å²) in [5.74, 6) is 0.960. The standard InChI is InChI=1S/C19H27N3O4/c1-2-25-19(23)14-10-15(26-11-12-6-8-24-9-7-12)16(18(21)22-14)17(20)13-4-3-5-13/h10,12-13,20H,2-9,11H2,1H3,(H2,21,22)/p+1. The maximum Gasteiger partial charge on any atom is 0.357 e. The van der Waals surface area contributed by atoms with Gasteiger partial charge in [0.2, 0.25) is 0 Å². The molecule has 1 saturated carbocycles. The van der Waals surface area contributed by atoms with E-state index < -0.39 is 5.97 Å². The molecule has 2 heterocycles.